The first kappa shape index (κ1) is 17.1. The number of unbranched alkanes of at least 4 members (excludes halogenated alkanes) is 4. The van der Waals surface area contributed by atoms with E-state index in [9.17, 15) is 13.6 Å². The molecule has 0 aromatic carbocycles. The first-order valence-corrected chi connectivity index (χ1v) is 6.67. The molecule has 2 nitrogen and oxygen atoms in total. The van der Waals surface area contributed by atoms with Gasteiger partial charge in [0.1, 0.15) is 0 Å². The summed E-state index contributed by atoms with van der Waals surface area (Å²) >= 11 is 0. The van der Waals surface area contributed by atoms with E-state index < -0.39 is 5.92 Å². The Morgan fingerprint density at radius 3 is 2.50 bits per heavy atom. The molecule has 4 heteroatoms. The number of allylic oxidation sites excluding steroid dienone is 2. The summed E-state index contributed by atoms with van der Waals surface area (Å²) in [5.74, 6) is -2.96. The molecule has 0 bridgehead atoms. The highest BCUT2D eigenvalue weighted by Gasteiger charge is 2.23. The normalized spacial score (nSPS) is 12.0. The zero-order chi connectivity index (χ0) is 13.9. The SMILES string of the molecule is CCC/C=C\C(F)(F)CCCCCCOC(C)=O. The molecule has 0 fully saturated rings. The van der Waals surface area contributed by atoms with E-state index in [1.807, 2.05) is 6.92 Å². The summed E-state index contributed by atoms with van der Waals surface area (Å²) in [7, 11) is 0. The van der Waals surface area contributed by atoms with E-state index in [0.29, 0.717) is 19.4 Å². The molecule has 0 rings (SSSR count). The van der Waals surface area contributed by atoms with Crippen LogP contribution in [0, 0.1) is 0 Å². The van der Waals surface area contributed by atoms with Crippen molar-refractivity contribution in [3.05, 3.63) is 12.2 Å². The van der Waals surface area contributed by atoms with Crippen LogP contribution < -0.4 is 0 Å². The molecule has 0 aliphatic carbocycles. The predicted octanol–water partition coefficient (Wildman–Crippen LogP) is 4.49. The lowest BCUT2D eigenvalue weighted by Crippen LogP contribution is -2.11. The van der Waals surface area contributed by atoms with Crippen LogP contribution in [-0.2, 0) is 9.53 Å². The van der Waals surface area contributed by atoms with E-state index >= 15 is 0 Å². The van der Waals surface area contributed by atoms with Gasteiger partial charge in [0.15, 0.2) is 0 Å². The summed E-state index contributed by atoms with van der Waals surface area (Å²) in [6.45, 7) is 3.72. The van der Waals surface area contributed by atoms with Gasteiger partial charge in [-0.3, -0.25) is 4.79 Å². The van der Waals surface area contributed by atoms with Crippen LogP contribution in [0.4, 0.5) is 8.78 Å². The number of esters is 1. The Balaban J connectivity index is 3.49. The molecule has 0 aliphatic heterocycles. The monoisotopic (exact) mass is 262 g/mol. The van der Waals surface area contributed by atoms with Crippen molar-refractivity contribution < 1.29 is 18.3 Å². The highest BCUT2D eigenvalue weighted by molar-refractivity contribution is 5.65. The lowest BCUT2D eigenvalue weighted by molar-refractivity contribution is -0.141. The summed E-state index contributed by atoms with van der Waals surface area (Å²) in [4.78, 5) is 10.5. The number of alkyl halides is 2. The number of rotatable bonds is 10. The number of ether oxygens (including phenoxy) is 1. The lowest BCUT2D eigenvalue weighted by atomic mass is 10.1. The fourth-order valence-corrected chi connectivity index (χ4v) is 1.54. The molecule has 0 unspecified atom stereocenters. The van der Waals surface area contributed by atoms with E-state index in [1.165, 1.54) is 6.92 Å². The maximum atomic E-state index is 13.3. The molecule has 0 spiro atoms. The number of carbonyl (C=O) groups excluding carboxylic acids is 1. The van der Waals surface area contributed by atoms with Gasteiger partial charge >= 0.3 is 5.97 Å². The van der Waals surface area contributed by atoms with Crippen LogP contribution in [0.25, 0.3) is 0 Å². The van der Waals surface area contributed by atoms with E-state index in [4.69, 9.17) is 4.74 Å². The number of hydrogen-bond acceptors (Lipinski definition) is 2. The average Bonchev–Trinajstić information content (AvgIpc) is 2.27. The van der Waals surface area contributed by atoms with Crippen molar-refractivity contribution in [2.24, 2.45) is 0 Å². The van der Waals surface area contributed by atoms with Crippen LogP contribution in [0.15, 0.2) is 12.2 Å². The van der Waals surface area contributed by atoms with Gasteiger partial charge in [-0.2, -0.15) is 0 Å². The third-order valence-electron chi connectivity index (χ3n) is 2.53. The summed E-state index contributed by atoms with van der Waals surface area (Å²) in [5.41, 5.74) is 0. The molecule has 0 aliphatic rings. The zero-order valence-corrected chi connectivity index (χ0v) is 11.4. The predicted molar refractivity (Wildman–Crippen MR) is 68.7 cm³/mol. The Morgan fingerprint density at radius 1 is 1.22 bits per heavy atom. The van der Waals surface area contributed by atoms with Gasteiger partial charge in [-0.25, -0.2) is 8.78 Å². The van der Waals surface area contributed by atoms with E-state index in [0.717, 1.165) is 31.8 Å². The van der Waals surface area contributed by atoms with Crippen molar-refractivity contribution in [2.45, 2.75) is 64.7 Å². The number of halogens is 2. The van der Waals surface area contributed by atoms with E-state index in [-0.39, 0.29) is 12.4 Å². The molecule has 0 aromatic heterocycles. The average molecular weight is 262 g/mol. The molecule has 0 saturated heterocycles. The minimum Gasteiger partial charge on any atom is -0.466 e. The van der Waals surface area contributed by atoms with Gasteiger partial charge in [0, 0.05) is 13.3 Å². The molecule has 0 amide bonds. The van der Waals surface area contributed by atoms with Gasteiger partial charge < -0.3 is 4.74 Å². The molecule has 18 heavy (non-hydrogen) atoms. The third-order valence-corrected chi connectivity index (χ3v) is 2.53. The quantitative estimate of drug-likeness (QED) is 0.329. The van der Waals surface area contributed by atoms with Gasteiger partial charge in [-0.05, 0) is 25.3 Å². The van der Waals surface area contributed by atoms with Crippen molar-refractivity contribution in [3.63, 3.8) is 0 Å². The molecule has 0 radical (unpaired) electrons. The minimum atomic E-state index is -2.68. The smallest absolute Gasteiger partial charge is 0.302 e. The topological polar surface area (TPSA) is 26.3 Å². The second kappa shape index (κ2) is 10.0. The van der Waals surface area contributed by atoms with Gasteiger partial charge in [0.2, 0.25) is 0 Å². The van der Waals surface area contributed by atoms with Crippen LogP contribution >= 0.6 is 0 Å². The van der Waals surface area contributed by atoms with Gasteiger partial charge in [-0.15, -0.1) is 0 Å². The number of hydrogen-bond donors (Lipinski definition) is 0. The molecule has 0 N–H and O–H groups in total. The Kier molecular flexibility index (Phi) is 9.52. The van der Waals surface area contributed by atoms with Crippen molar-refractivity contribution in [3.8, 4) is 0 Å². The van der Waals surface area contributed by atoms with Gasteiger partial charge in [-0.1, -0.05) is 32.3 Å². The third kappa shape index (κ3) is 11.6. The standard InChI is InChI=1S/C14H24F2O2/c1-3-4-7-10-14(15,16)11-8-5-6-9-12-18-13(2)17/h7,10H,3-6,8-9,11-12H2,1-2H3/b10-7-. The molecular weight excluding hydrogens is 238 g/mol. The Bertz CT molecular complexity index is 250. The van der Waals surface area contributed by atoms with E-state index in [1.54, 1.807) is 6.08 Å². The molecule has 0 atom stereocenters. The first-order chi connectivity index (χ1) is 8.48. The number of carbonyl (C=O) groups is 1. The van der Waals surface area contributed by atoms with Crippen LogP contribution in [0.1, 0.15) is 58.8 Å². The summed E-state index contributed by atoms with van der Waals surface area (Å²) in [5, 5.41) is 0. The lowest BCUT2D eigenvalue weighted by Gasteiger charge is -2.11. The zero-order valence-electron chi connectivity index (χ0n) is 11.4. The maximum Gasteiger partial charge on any atom is 0.302 e. The van der Waals surface area contributed by atoms with Crippen LogP contribution in [0.2, 0.25) is 0 Å². The van der Waals surface area contributed by atoms with Crippen molar-refractivity contribution >= 4 is 5.97 Å². The van der Waals surface area contributed by atoms with Crippen molar-refractivity contribution in [1.29, 1.82) is 0 Å². The van der Waals surface area contributed by atoms with E-state index in [2.05, 4.69) is 0 Å². The van der Waals surface area contributed by atoms with Crippen LogP contribution in [0.5, 0.6) is 0 Å². The molecule has 0 heterocycles. The second-order valence-electron chi connectivity index (χ2n) is 4.46. The first-order valence-electron chi connectivity index (χ1n) is 6.67. The maximum absolute atomic E-state index is 13.3. The van der Waals surface area contributed by atoms with Crippen molar-refractivity contribution in [2.75, 3.05) is 6.61 Å². The minimum absolute atomic E-state index is 0.0964. The molecule has 0 aromatic rings. The van der Waals surface area contributed by atoms with Crippen LogP contribution in [-0.4, -0.2) is 18.5 Å². The largest absolute Gasteiger partial charge is 0.466 e. The molecule has 0 saturated carbocycles. The fourth-order valence-electron chi connectivity index (χ4n) is 1.54. The fraction of sp³-hybridized carbons (Fsp3) is 0.786. The second-order valence-corrected chi connectivity index (χ2v) is 4.46. The summed E-state index contributed by atoms with van der Waals surface area (Å²) in [6, 6.07) is 0. The molecule has 106 valence electrons. The van der Waals surface area contributed by atoms with Crippen molar-refractivity contribution in [1.82, 2.24) is 0 Å². The van der Waals surface area contributed by atoms with Crippen LogP contribution in [0.3, 0.4) is 0 Å². The Morgan fingerprint density at radius 2 is 1.89 bits per heavy atom. The highest BCUT2D eigenvalue weighted by atomic mass is 19.3. The van der Waals surface area contributed by atoms with Gasteiger partial charge in [0.25, 0.3) is 5.92 Å². The van der Waals surface area contributed by atoms with Gasteiger partial charge in [0.05, 0.1) is 6.61 Å². The summed E-state index contributed by atoms with van der Waals surface area (Å²) < 4.78 is 31.3. The molecular formula is C14H24F2O2. The summed E-state index contributed by atoms with van der Waals surface area (Å²) in [6.07, 6.45) is 6.90. The Hall–Kier alpha value is -0.930. The highest BCUT2D eigenvalue weighted by Crippen LogP contribution is 2.23. The Labute approximate surface area is 108 Å².